The molecule has 1 saturated carbocycles. The lowest BCUT2D eigenvalue weighted by molar-refractivity contribution is 0.104. The van der Waals surface area contributed by atoms with Gasteiger partial charge in [-0.05, 0) is 36.8 Å². The van der Waals surface area contributed by atoms with E-state index in [4.69, 9.17) is 17.3 Å². The number of hydrogen-bond donors (Lipinski definition) is 3. The minimum atomic E-state index is -0.178. The third kappa shape index (κ3) is 3.67. The Morgan fingerprint density at radius 3 is 2.88 bits per heavy atom. The van der Waals surface area contributed by atoms with Crippen LogP contribution in [-0.2, 0) is 0 Å². The Kier molecular flexibility index (Phi) is 3.96. The summed E-state index contributed by atoms with van der Waals surface area (Å²) in [6, 6.07) is 0. The first-order valence-electron chi connectivity index (χ1n) is 5.72. The molecular weight excluding hydrogens is 242 g/mol. The Balaban J connectivity index is 1.88. The number of nitrogens with zero attached hydrogens (tertiary/aromatic N) is 3. The fraction of sp³-hybridized carbons (Fsp3) is 0.700. The third-order valence-corrected chi connectivity index (χ3v) is 3.10. The summed E-state index contributed by atoms with van der Waals surface area (Å²) in [4.78, 5) is 11.5. The molecule has 0 aliphatic heterocycles. The van der Waals surface area contributed by atoms with E-state index in [2.05, 4.69) is 20.3 Å². The van der Waals surface area contributed by atoms with E-state index >= 15 is 0 Å². The predicted molar refractivity (Wildman–Crippen MR) is 65.7 cm³/mol. The standard InChI is InChI=1S/C10H16ClN5O/c11-8-14-9(12)16-10(15-8)13-5-6-2-1-3-7(17)4-6/h6-7,17H,1-5H2,(H3,12,13,14,15,16). The van der Waals surface area contributed by atoms with Crippen LogP contribution in [0, 0.1) is 5.92 Å². The Morgan fingerprint density at radius 1 is 1.35 bits per heavy atom. The topological polar surface area (TPSA) is 97.0 Å². The summed E-state index contributed by atoms with van der Waals surface area (Å²) < 4.78 is 0. The summed E-state index contributed by atoms with van der Waals surface area (Å²) in [5.41, 5.74) is 5.46. The molecule has 1 aliphatic carbocycles. The first-order chi connectivity index (χ1) is 8.13. The molecule has 0 saturated heterocycles. The van der Waals surface area contributed by atoms with Gasteiger partial charge in [0, 0.05) is 6.54 Å². The van der Waals surface area contributed by atoms with Crippen LogP contribution >= 0.6 is 11.6 Å². The van der Waals surface area contributed by atoms with Crippen LogP contribution in [0.2, 0.25) is 5.28 Å². The van der Waals surface area contributed by atoms with E-state index in [0.717, 1.165) is 32.2 Å². The monoisotopic (exact) mass is 257 g/mol. The molecule has 0 spiro atoms. The van der Waals surface area contributed by atoms with Crippen molar-refractivity contribution in [2.45, 2.75) is 31.8 Å². The summed E-state index contributed by atoms with van der Waals surface area (Å²) in [5, 5.41) is 12.7. The van der Waals surface area contributed by atoms with Gasteiger partial charge < -0.3 is 16.2 Å². The minimum absolute atomic E-state index is 0.0867. The Hall–Kier alpha value is -1.14. The molecule has 0 amide bonds. The molecular formula is C10H16ClN5O. The van der Waals surface area contributed by atoms with E-state index in [0.29, 0.717) is 11.9 Å². The van der Waals surface area contributed by atoms with Crippen molar-refractivity contribution in [2.24, 2.45) is 5.92 Å². The number of anilines is 2. The Labute approximate surface area is 105 Å². The minimum Gasteiger partial charge on any atom is -0.393 e. The molecule has 0 radical (unpaired) electrons. The fourth-order valence-corrected chi connectivity index (χ4v) is 2.29. The lowest BCUT2D eigenvalue weighted by Gasteiger charge is -2.25. The second-order valence-electron chi connectivity index (χ2n) is 4.35. The van der Waals surface area contributed by atoms with Crippen LogP contribution in [0.4, 0.5) is 11.9 Å². The van der Waals surface area contributed by atoms with Crippen LogP contribution in [0.5, 0.6) is 0 Å². The zero-order valence-corrected chi connectivity index (χ0v) is 10.2. The van der Waals surface area contributed by atoms with Crippen molar-refractivity contribution in [3.05, 3.63) is 5.28 Å². The van der Waals surface area contributed by atoms with Gasteiger partial charge in [0.1, 0.15) is 0 Å². The molecule has 1 aromatic heterocycles. The van der Waals surface area contributed by atoms with E-state index in [1.165, 1.54) is 0 Å². The normalized spacial score (nSPS) is 24.6. The highest BCUT2D eigenvalue weighted by Gasteiger charge is 2.20. The molecule has 0 bridgehead atoms. The lowest BCUT2D eigenvalue weighted by Crippen LogP contribution is -2.25. The predicted octanol–water partition coefficient (Wildman–Crippen LogP) is 1.07. The number of aromatic nitrogens is 3. The van der Waals surface area contributed by atoms with Crippen molar-refractivity contribution in [2.75, 3.05) is 17.6 Å². The van der Waals surface area contributed by atoms with Crippen molar-refractivity contribution in [1.82, 2.24) is 15.0 Å². The van der Waals surface area contributed by atoms with Crippen molar-refractivity contribution in [3.63, 3.8) is 0 Å². The average Bonchev–Trinajstić information content (AvgIpc) is 2.25. The van der Waals surface area contributed by atoms with E-state index in [1.54, 1.807) is 0 Å². The van der Waals surface area contributed by atoms with Crippen LogP contribution < -0.4 is 11.1 Å². The number of rotatable bonds is 3. The summed E-state index contributed by atoms with van der Waals surface area (Å²) in [6.45, 7) is 0.719. The zero-order chi connectivity index (χ0) is 12.3. The Morgan fingerprint density at radius 2 is 2.18 bits per heavy atom. The van der Waals surface area contributed by atoms with E-state index in [1.807, 2.05) is 0 Å². The van der Waals surface area contributed by atoms with Gasteiger partial charge in [0.15, 0.2) is 0 Å². The SMILES string of the molecule is Nc1nc(Cl)nc(NCC2CCCC(O)C2)n1. The molecule has 1 aromatic rings. The number of nitrogen functional groups attached to an aromatic ring is 1. The quantitative estimate of drug-likeness (QED) is 0.750. The van der Waals surface area contributed by atoms with Gasteiger partial charge in [-0.25, -0.2) is 0 Å². The van der Waals surface area contributed by atoms with E-state index in [9.17, 15) is 5.11 Å². The maximum absolute atomic E-state index is 9.55. The Bertz CT molecular complexity index is 369. The van der Waals surface area contributed by atoms with E-state index < -0.39 is 0 Å². The van der Waals surface area contributed by atoms with Gasteiger partial charge in [-0.15, -0.1) is 0 Å². The number of nitrogens with two attached hydrogens (primary N) is 1. The molecule has 1 fully saturated rings. The number of aliphatic hydroxyl groups excluding tert-OH is 1. The maximum Gasteiger partial charge on any atom is 0.228 e. The highest BCUT2D eigenvalue weighted by Crippen LogP contribution is 2.24. The molecule has 4 N–H and O–H groups in total. The number of hydrogen-bond acceptors (Lipinski definition) is 6. The largest absolute Gasteiger partial charge is 0.393 e. The van der Waals surface area contributed by atoms with Crippen molar-refractivity contribution in [1.29, 1.82) is 0 Å². The molecule has 94 valence electrons. The molecule has 1 aliphatic rings. The maximum atomic E-state index is 9.55. The number of halogens is 1. The van der Waals surface area contributed by atoms with Crippen molar-refractivity contribution in [3.8, 4) is 0 Å². The van der Waals surface area contributed by atoms with Gasteiger partial charge in [0.25, 0.3) is 0 Å². The summed E-state index contributed by atoms with van der Waals surface area (Å²) in [6.07, 6.45) is 3.72. The summed E-state index contributed by atoms with van der Waals surface area (Å²) in [7, 11) is 0. The van der Waals surface area contributed by atoms with Crippen LogP contribution in [0.1, 0.15) is 25.7 Å². The molecule has 17 heavy (non-hydrogen) atoms. The van der Waals surface area contributed by atoms with Gasteiger partial charge in [-0.1, -0.05) is 6.42 Å². The smallest absolute Gasteiger partial charge is 0.228 e. The van der Waals surface area contributed by atoms with Gasteiger partial charge >= 0.3 is 0 Å². The lowest BCUT2D eigenvalue weighted by atomic mass is 9.87. The van der Waals surface area contributed by atoms with Crippen LogP contribution in [-0.4, -0.2) is 32.7 Å². The second kappa shape index (κ2) is 5.46. The fourth-order valence-electron chi connectivity index (χ4n) is 2.13. The van der Waals surface area contributed by atoms with Gasteiger partial charge in [-0.2, -0.15) is 15.0 Å². The van der Waals surface area contributed by atoms with Crippen LogP contribution in [0.25, 0.3) is 0 Å². The molecule has 7 heteroatoms. The van der Waals surface area contributed by atoms with Gasteiger partial charge in [0.2, 0.25) is 17.2 Å². The zero-order valence-electron chi connectivity index (χ0n) is 9.43. The first-order valence-corrected chi connectivity index (χ1v) is 6.10. The van der Waals surface area contributed by atoms with Crippen LogP contribution in [0.15, 0.2) is 0 Å². The highest BCUT2D eigenvalue weighted by molar-refractivity contribution is 6.28. The molecule has 2 atom stereocenters. The van der Waals surface area contributed by atoms with Crippen molar-refractivity contribution >= 4 is 23.5 Å². The molecule has 6 nitrogen and oxygen atoms in total. The van der Waals surface area contributed by atoms with E-state index in [-0.39, 0.29) is 17.3 Å². The molecule has 2 rings (SSSR count). The molecule has 0 aromatic carbocycles. The average molecular weight is 258 g/mol. The summed E-state index contributed by atoms with van der Waals surface area (Å²) >= 11 is 5.67. The van der Waals surface area contributed by atoms with Gasteiger partial charge in [0.05, 0.1) is 6.10 Å². The van der Waals surface area contributed by atoms with Crippen LogP contribution in [0.3, 0.4) is 0 Å². The number of nitrogens with one attached hydrogen (secondary N) is 1. The van der Waals surface area contributed by atoms with Gasteiger partial charge in [-0.3, -0.25) is 0 Å². The first kappa shape index (κ1) is 12.3. The third-order valence-electron chi connectivity index (χ3n) is 2.93. The second-order valence-corrected chi connectivity index (χ2v) is 4.69. The van der Waals surface area contributed by atoms with Crippen molar-refractivity contribution < 1.29 is 5.11 Å². The molecule has 2 unspecified atom stereocenters. The highest BCUT2D eigenvalue weighted by atomic mass is 35.5. The molecule has 1 heterocycles. The summed E-state index contributed by atoms with van der Waals surface area (Å²) in [5.74, 6) is 0.939. The number of aliphatic hydroxyl groups is 1.